The van der Waals surface area contributed by atoms with Crippen molar-refractivity contribution in [2.24, 2.45) is 11.3 Å². The molecule has 8 nitrogen and oxygen atoms in total. The van der Waals surface area contributed by atoms with Crippen molar-refractivity contribution in [1.82, 2.24) is 25.8 Å². The summed E-state index contributed by atoms with van der Waals surface area (Å²) in [6.45, 7) is 4.94. The zero-order valence-corrected chi connectivity index (χ0v) is 16.0. The maximum Gasteiger partial charge on any atom is 0.275 e. The highest BCUT2D eigenvalue weighted by molar-refractivity contribution is 5.95. The zero-order valence-electron chi connectivity index (χ0n) is 16.0. The molecule has 2 aliphatic heterocycles. The first-order valence-corrected chi connectivity index (χ1v) is 9.67. The normalized spacial score (nSPS) is 23.6. The Morgan fingerprint density at radius 1 is 1.32 bits per heavy atom. The highest BCUT2D eigenvalue weighted by atomic mass is 16.6. The van der Waals surface area contributed by atoms with Crippen LogP contribution in [0.1, 0.15) is 28.2 Å². The second-order valence-corrected chi connectivity index (χ2v) is 7.83. The molecule has 2 saturated heterocycles. The fourth-order valence-electron chi connectivity index (χ4n) is 4.40. The number of nitrogens with one attached hydrogen (secondary N) is 2. The lowest BCUT2D eigenvalue weighted by Crippen LogP contribution is -2.41. The van der Waals surface area contributed by atoms with Crippen molar-refractivity contribution in [3.63, 3.8) is 0 Å². The summed E-state index contributed by atoms with van der Waals surface area (Å²) in [6, 6.07) is 10.5. The second kappa shape index (κ2) is 7.71. The van der Waals surface area contributed by atoms with E-state index in [9.17, 15) is 9.59 Å². The lowest BCUT2D eigenvalue weighted by Gasteiger charge is -2.28. The third-order valence-corrected chi connectivity index (χ3v) is 6.06. The van der Waals surface area contributed by atoms with Crippen molar-refractivity contribution in [3.05, 3.63) is 47.3 Å². The molecular formula is C20H25N5O3. The van der Waals surface area contributed by atoms with E-state index in [1.165, 1.54) is 5.56 Å². The van der Waals surface area contributed by atoms with Crippen LogP contribution in [0.15, 0.2) is 35.0 Å². The number of aryl methyl sites for hydroxylation is 2. The molecule has 2 atom stereocenters. The van der Waals surface area contributed by atoms with Crippen LogP contribution in [-0.4, -0.2) is 59.8 Å². The number of aromatic nitrogens is 2. The van der Waals surface area contributed by atoms with Crippen molar-refractivity contribution < 1.29 is 14.2 Å². The molecule has 0 radical (unpaired) electrons. The van der Waals surface area contributed by atoms with Gasteiger partial charge >= 0.3 is 0 Å². The van der Waals surface area contributed by atoms with E-state index in [0.717, 1.165) is 39.0 Å². The van der Waals surface area contributed by atoms with Gasteiger partial charge < -0.3 is 15.5 Å². The minimum Gasteiger partial charge on any atom is -0.341 e. The molecule has 0 spiro atoms. The van der Waals surface area contributed by atoms with Crippen LogP contribution in [0.5, 0.6) is 0 Å². The molecule has 148 valence electrons. The summed E-state index contributed by atoms with van der Waals surface area (Å²) < 4.78 is 4.54. The molecule has 4 rings (SSSR count). The molecule has 2 aromatic rings. The lowest BCUT2D eigenvalue weighted by atomic mass is 9.76. The van der Waals surface area contributed by atoms with Gasteiger partial charge in [0.05, 0.1) is 6.54 Å². The van der Waals surface area contributed by atoms with Gasteiger partial charge in [-0.2, -0.15) is 0 Å². The fraction of sp³-hybridized carbons (Fsp3) is 0.500. The monoisotopic (exact) mass is 383 g/mol. The molecule has 2 N–H and O–H groups in total. The molecule has 2 aliphatic rings. The molecule has 0 saturated carbocycles. The van der Waals surface area contributed by atoms with Crippen LogP contribution in [0, 0.1) is 18.3 Å². The number of carbonyl (C=O) groups excluding carboxylic acids is 2. The number of amides is 2. The Bertz CT molecular complexity index is 853. The summed E-state index contributed by atoms with van der Waals surface area (Å²) in [5.74, 6) is -0.0410. The molecule has 2 amide bonds. The fourth-order valence-corrected chi connectivity index (χ4v) is 4.40. The van der Waals surface area contributed by atoms with E-state index < -0.39 is 5.91 Å². The van der Waals surface area contributed by atoms with Crippen LogP contribution >= 0.6 is 0 Å². The predicted octanol–water partition coefficient (Wildman–Crippen LogP) is 0.789. The molecular weight excluding hydrogens is 358 g/mol. The molecule has 3 heterocycles. The molecule has 1 aromatic heterocycles. The number of likely N-dealkylation sites (tertiary alicyclic amines) is 1. The van der Waals surface area contributed by atoms with Gasteiger partial charge in [0, 0.05) is 31.6 Å². The molecule has 2 fully saturated rings. The van der Waals surface area contributed by atoms with Crippen LogP contribution in [0.3, 0.4) is 0 Å². The molecule has 0 aliphatic carbocycles. The molecule has 28 heavy (non-hydrogen) atoms. The average Bonchev–Trinajstić information content (AvgIpc) is 3.39. The van der Waals surface area contributed by atoms with Gasteiger partial charge in [0.2, 0.25) is 5.91 Å². The molecule has 2 unspecified atom stereocenters. The van der Waals surface area contributed by atoms with Crippen LogP contribution in [-0.2, 0) is 11.2 Å². The van der Waals surface area contributed by atoms with Gasteiger partial charge in [-0.1, -0.05) is 35.5 Å². The summed E-state index contributed by atoms with van der Waals surface area (Å²) in [7, 11) is 0. The summed E-state index contributed by atoms with van der Waals surface area (Å²) >= 11 is 0. The quantitative estimate of drug-likeness (QED) is 0.765. The third kappa shape index (κ3) is 3.64. The number of rotatable bonds is 6. The van der Waals surface area contributed by atoms with Gasteiger partial charge in [0.15, 0.2) is 5.69 Å². The van der Waals surface area contributed by atoms with E-state index in [1.807, 2.05) is 11.0 Å². The van der Waals surface area contributed by atoms with Crippen LogP contribution in [0.2, 0.25) is 0 Å². The van der Waals surface area contributed by atoms with Gasteiger partial charge in [-0.05, 0) is 36.4 Å². The number of nitrogens with zero attached hydrogens (tertiary/aromatic N) is 3. The van der Waals surface area contributed by atoms with Crippen molar-refractivity contribution in [2.75, 3.05) is 32.7 Å². The first kappa shape index (κ1) is 18.6. The van der Waals surface area contributed by atoms with Crippen LogP contribution in [0.25, 0.3) is 0 Å². The van der Waals surface area contributed by atoms with Crippen molar-refractivity contribution in [2.45, 2.75) is 19.8 Å². The Labute approximate surface area is 163 Å². The van der Waals surface area contributed by atoms with Crippen LogP contribution in [0.4, 0.5) is 0 Å². The van der Waals surface area contributed by atoms with E-state index in [2.05, 4.69) is 49.8 Å². The van der Waals surface area contributed by atoms with E-state index in [1.54, 1.807) is 6.92 Å². The Morgan fingerprint density at radius 3 is 2.89 bits per heavy atom. The lowest BCUT2D eigenvalue weighted by molar-refractivity contribution is -0.129. The predicted molar refractivity (Wildman–Crippen MR) is 102 cm³/mol. The number of carbonyl (C=O) groups is 2. The van der Waals surface area contributed by atoms with Gasteiger partial charge in [0.1, 0.15) is 5.69 Å². The maximum atomic E-state index is 12.7. The standard InChI is InChI=1S/C20H25N5O3/c1-14-18(24-28-23-14)19(27)22-10-17(26)25-11-16-9-21-12-20(16,13-25)8-7-15-5-3-2-4-6-15/h2-6,16,21H,7-13H2,1H3,(H,22,27). The number of hydrogen-bond acceptors (Lipinski definition) is 6. The van der Waals surface area contributed by atoms with E-state index >= 15 is 0 Å². The Morgan fingerprint density at radius 2 is 2.14 bits per heavy atom. The number of fused-ring (bicyclic) bond motifs is 1. The Kier molecular flexibility index (Phi) is 5.13. The minimum absolute atomic E-state index is 0.0416. The Hall–Kier alpha value is -2.74. The SMILES string of the molecule is Cc1nonc1C(=O)NCC(=O)N1CC2CNCC2(CCc2ccccc2)C1. The topological polar surface area (TPSA) is 100 Å². The number of hydrogen-bond donors (Lipinski definition) is 2. The highest BCUT2D eigenvalue weighted by Crippen LogP contribution is 2.42. The first-order valence-electron chi connectivity index (χ1n) is 9.67. The summed E-state index contributed by atoms with van der Waals surface area (Å²) in [5, 5.41) is 13.3. The summed E-state index contributed by atoms with van der Waals surface area (Å²) in [6.07, 6.45) is 2.06. The second-order valence-electron chi connectivity index (χ2n) is 7.83. The van der Waals surface area contributed by atoms with Gasteiger partial charge in [-0.15, -0.1) is 0 Å². The first-order chi connectivity index (χ1) is 13.6. The molecule has 1 aromatic carbocycles. The van der Waals surface area contributed by atoms with E-state index in [0.29, 0.717) is 11.6 Å². The number of benzene rings is 1. The van der Waals surface area contributed by atoms with E-state index in [-0.39, 0.29) is 23.6 Å². The molecule has 0 bridgehead atoms. The van der Waals surface area contributed by atoms with Gasteiger partial charge in [-0.25, -0.2) is 4.63 Å². The van der Waals surface area contributed by atoms with Gasteiger partial charge in [-0.3, -0.25) is 9.59 Å². The average molecular weight is 383 g/mol. The minimum atomic E-state index is -0.438. The third-order valence-electron chi connectivity index (χ3n) is 6.06. The van der Waals surface area contributed by atoms with E-state index in [4.69, 9.17) is 0 Å². The van der Waals surface area contributed by atoms with Crippen LogP contribution < -0.4 is 10.6 Å². The summed E-state index contributed by atoms with van der Waals surface area (Å²) in [5.41, 5.74) is 1.97. The van der Waals surface area contributed by atoms with Crippen molar-refractivity contribution in [3.8, 4) is 0 Å². The Balaban J connectivity index is 1.34. The zero-order chi connectivity index (χ0) is 19.6. The smallest absolute Gasteiger partial charge is 0.275 e. The molecule has 8 heteroatoms. The highest BCUT2D eigenvalue weighted by Gasteiger charge is 2.50. The summed E-state index contributed by atoms with van der Waals surface area (Å²) in [4.78, 5) is 26.7. The van der Waals surface area contributed by atoms with Gasteiger partial charge in [0.25, 0.3) is 5.91 Å². The van der Waals surface area contributed by atoms with Crippen molar-refractivity contribution >= 4 is 11.8 Å². The maximum absolute atomic E-state index is 12.7. The largest absolute Gasteiger partial charge is 0.341 e. The van der Waals surface area contributed by atoms with Crippen molar-refractivity contribution in [1.29, 1.82) is 0 Å².